The molecule has 0 saturated carbocycles. The molecule has 1 aliphatic rings. The van der Waals surface area contributed by atoms with Gasteiger partial charge in [-0.1, -0.05) is 0 Å². The third-order valence-corrected chi connectivity index (χ3v) is 4.15. The fourth-order valence-electron chi connectivity index (χ4n) is 2.70. The van der Waals surface area contributed by atoms with Gasteiger partial charge in [-0.3, -0.25) is 4.79 Å². The number of nitrogens with zero attached hydrogens (tertiary/aromatic N) is 1. The predicted octanol–water partition coefficient (Wildman–Crippen LogP) is 3.05. The molecule has 1 fully saturated rings. The van der Waals surface area contributed by atoms with Gasteiger partial charge >= 0.3 is 12.3 Å². The van der Waals surface area contributed by atoms with E-state index in [1.165, 1.54) is 19.1 Å². The second kappa shape index (κ2) is 8.83. The fourth-order valence-corrected chi connectivity index (χ4v) is 2.70. The van der Waals surface area contributed by atoms with Crippen molar-refractivity contribution in [2.45, 2.75) is 19.0 Å². The molecule has 0 spiro atoms. The Labute approximate surface area is 154 Å². The first-order valence-electron chi connectivity index (χ1n) is 8.25. The summed E-state index contributed by atoms with van der Waals surface area (Å²) in [5.41, 5.74) is 0.482. The molecule has 1 saturated heterocycles. The number of alkyl halides is 3. The Kier molecular flexibility index (Phi) is 6.75. The average Bonchev–Trinajstić information content (AvgIpc) is 2.65. The summed E-state index contributed by atoms with van der Waals surface area (Å²) < 4.78 is 50.8. The predicted molar refractivity (Wildman–Crippen MR) is 89.9 cm³/mol. The van der Waals surface area contributed by atoms with E-state index in [2.05, 4.69) is 10.1 Å². The summed E-state index contributed by atoms with van der Waals surface area (Å²) in [7, 11) is 2.98. The van der Waals surface area contributed by atoms with E-state index in [1.807, 2.05) is 0 Å². The number of halogens is 3. The van der Waals surface area contributed by atoms with Crippen molar-refractivity contribution < 1.29 is 37.0 Å². The molecule has 7 nitrogen and oxygen atoms in total. The summed E-state index contributed by atoms with van der Waals surface area (Å²) in [5, 5.41) is 2.77. The van der Waals surface area contributed by atoms with Gasteiger partial charge in [0.05, 0.1) is 19.9 Å². The molecule has 150 valence electrons. The first-order valence-corrected chi connectivity index (χ1v) is 8.25. The largest absolute Gasteiger partial charge is 0.497 e. The maximum Gasteiger partial charge on any atom is 0.422 e. The standard InChI is InChI=1S/C17H21F3N2O5/c1-25-12-3-4-13(14(9-12)26-2)21-15(23)11-5-7-22(8-6-11)16(24)27-10-17(18,19)20/h3-4,9,11H,5-8,10H2,1-2H3,(H,21,23). The number of piperidine rings is 1. The minimum absolute atomic E-state index is 0.147. The van der Waals surface area contributed by atoms with Crippen LogP contribution in [0.2, 0.25) is 0 Å². The second-order valence-electron chi connectivity index (χ2n) is 5.99. The highest BCUT2D eigenvalue weighted by Gasteiger charge is 2.33. The third-order valence-electron chi connectivity index (χ3n) is 4.15. The number of nitrogens with one attached hydrogen (secondary N) is 1. The van der Waals surface area contributed by atoms with Gasteiger partial charge in [-0.05, 0) is 25.0 Å². The van der Waals surface area contributed by atoms with Crippen molar-refractivity contribution in [2.24, 2.45) is 5.92 Å². The van der Waals surface area contributed by atoms with E-state index in [0.29, 0.717) is 30.0 Å². The molecule has 27 heavy (non-hydrogen) atoms. The topological polar surface area (TPSA) is 77.1 Å². The van der Waals surface area contributed by atoms with Gasteiger partial charge in [-0.25, -0.2) is 4.79 Å². The zero-order chi connectivity index (χ0) is 20.0. The molecule has 0 unspecified atom stereocenters. The minimum Gasteiger partial charge on any atom is -0.497 e. The van der Waals surface area contributed by atoms with Crippen LogP contribution in [0.4, 0.5) is 23.7 Å². The van der Waals surface area contributed by atoms with Crippen molar-refractivity contribution in [2.75, 3.05) is 39.2 Å². The number of benzene rings is 1. The van der Waals surface area contributed by atoms with Crippen LogP contribution in [0.5, 0.6) is 11.5 Å². The SMILES string of the molecule is COc1ccc(NC(=O)C2CCN(C(=O)OCC(F)(F)F)CC2)c(OC)c1. The number of anilines is 1. The van der Waals surface area contributed by atoms with E-state index in [4.69, 9.17) is 9.47 Å². The Morgan fingerprint density at radius 1 is 1.19 bits per heavy atom. The quantitative estimate of drug-likeness (QED) is 0.836. The molecule has 1 N–H and O–H groups in total. The minimum atomic E-state index is -4.56. The molecule has 1 aromatic carbocycles. The smallest absolute Gasteiger partial charge is 0.422 e. The molecule has 0 atom stereocenters. The van der Waals surface area contributed by atoms with Gasteiger partial charge in [0.1, 0.15) is 11.5 Å². The van der Waals surface area contributed by atoms with E-state index in [1.54, 1.807) is 18.2 Å². The highest BCUT2D eigenvalue weighted by Crippen LogP contribution is 2.30. The molecule has 1 heterocycles. The van der Waals surface area contributed by atoms with Crippen LogP contribution in [0.15, 0.2) is 18.2 Å². The van der Waals surface area contributed by atoms with E-state index in [-0.39, 0.29) is 24.9 Å². The Morgan fingerprint density at radius 2 is 1.85 bits per heavy atom. The summed E-state index contributed by atoms with van der Waals surface area (Å²) in [4.78, 5) is 25.2. The van der Waals surface area contributed by atoms with Gasteiger partial charge in [0.2, 0.25) is 5.91 Å². The van der Waals surface area contributed by atoms with Crippen LogP contribution >= 0.6 is 0 Å². The maximum absolute atomic E-state index is 12.4. The van der Waals surface area contributed by atoms with Crippen molar-refractivity contribution in [3.8, 4) is 11.5 Å². The number of likely N-dealkylation sites (tertiary alicyclic amines) is 1. The third kappa shape index (κ3) is 5.93. The van der Waals surface area contributed by atoms with Crippen LogP contribution < -0.4 is 14.8 Å². The number of methoxy groups -OCH3 is 2. The van der Waals surface area contributed by atoms with Crippen molar-refractivity contribution in [3.63, 3.8) is 0 Å². The molecule has 0 aliphatic carbocycles. The Morgan fingerprint density at radius 3 is 2.41 bits per heavy atom. The molecular formula is C17H21F3N2O5. The zero-order valence-electron chi connectivity index (χ0n) is 15.0. The Bertz CT molecular complexity index is 673. The number of ether oxygens (including phenoxy) is 3. The number of carbonyl (C=O) groups is 2. The maximum atomic E-state index is 12.4. The van der Waals surface area contributed by atoms with Crippen molar-refractivity contribution >= 4 is 17.7 Å². The van der Waals surface area contributed by atoms with Gasteiger partial charge in [0.25, 0.3) is 0 Å². The monoisotopic (exact) mass is 390 g/mol. The van der Waals surface area contributed by atoms with E-state index >= 15 is 0 Å². The molecular weight excluding hydrogens is 369 g/mol. The lowest BCUT2D eigenvalue weighted by Crippen LogP contribution is -2.42. The van der Waals surface area contributed by atoms with E-state index in [9.17, 15) is 22.8 Å². The number of rotatable bonds is 5. The summed E-state index contributed by atoms with van der Waals surface area (Å²) in [6, 6.07) is 4.96. The van der Waals surface area contributed by atoms with Gasteiger partial charge in [-0.15, -0.1) is 0 Å². The summed E-state index contributed by atoms with van der Waals surface area (Å²) in [5.74, 6) is 0.400. The number of hydrogen-bond acceptors (Lipinski definition) is 5. The zero-order valence-corrected chi connectivity index (χ0v) is 15.0. The summed E-state index contributed by atoms with van der Waals surface area (Å²) in [6.07, 6.45) is -4.94. The van der Waals surface area contributed by atoms with Gasteiger partial charge in [0.15, 0.2) is 6.61 Å². The lowest BCUT2D eigenvalue weighted by molar-refractivity contribution is -0.162. The molecule has 10 heteroatoms. The van der Waals surface area contributed by atoms with Crippen molar-refractivity contribution in [3.05, 3.63) is 18.2 Å². The highest BCUT2D eigenvalue weighted by molar-refractivity contribution is 5.94. The first-order chi connectivity index (χ1) is 12.7. The molecule has 0 radical (unpaired) electrons. The number of carbonyl (C=O) groups excluding carboxylic acids is 2. The van der Waals surface area contributed by atoms with Crippen LogP contribution in [-0.2, 0) is 9.53 Å². The van der Waals surface area contributed by atoms with Gasteiger partial charge < -0.3 is 24.4 Å². The molecule has 1 aromatic rings. The number of hydrogen-bond donors (Lipinski definition) is 1. The first kappa shape index (κ1) is 20.7. The number of amides is 2. The molecule has 1 aliphatic heterocycles. The fraction of sp³-hybridized carbons (Fsp3) is 0.529. The van der Waals surface area contributed by atoms with E-state index < -0.39 is 18.9 Å². The van der Waals surface area contributed by atoms with Gasteiger partial charge in [0, 0.05) is 25.1 Å². The molecule has 2 rings (SSSR count). The lowest BCUT2D eigenvalue weighted by Gasteiger charge is -2.30. The normalized spacial score (nSPS) is 15.2. The van der Waals surface area contributed by atoms with Crippen molar-refractivity contribution in [1.82, 2.24) is 4.90 Å². The van der Waals surface area contributed by atoms with Crippen molar-refractivity contribution in [1.29, 1.82) is 0 Å². The highest BCUT2D eigenvalue weighted by atomic mass is 19.4. The van der Waals surface area contributed by atoms with Crippen LogP contribution in [0.1, 0.15) is 12.8 Å². The summed E-state index contributed by atoms with van der Waals surface area (Å²) >= 11 is 0. The van der Waals surface area contributed by atoms with Crippen LogP contribution in [0, 0.1) is 5.92 Å². The van der Waals surface area contributed by atoms with Crippen LogP contribution in [0.3, 0.4) is 0 Å². The molecule has 0 aromatic heterocycles. The van der Waals surface area contributed by atoms with Gasteiger partial charge in [-0.2, -0.15) is 13.2 Å². The van der Waals surface area contributed by atoms with E-state index in [0.717, 1.165) is 0 Å². The average molecular weight is 390 g/mol. The van der Waals surface area contributed by atoms with Crippen LogP contribution in [0.25, 0.3) is 0 Å². The summed E-state index contributed by atoms with van der Waals surface area (Å²) in [6.45, 7) is -1.33. The Balaban J connectivity index is 1.87. The second-order valence-corrected chi connectivity index (χ2v) is 5.99. The Hall–Kier alpha value is -2.65. The van der Waals surface area contributed by atoms with Crippen LogP contribution in [-0.4, -0.2) is 57.0 Å². The molecule has 2 amide bonds. The molecule has 0 bridgehead atoms. The lowest BCUT2D eigenvalue weighted by atomic mass is 9.96.